The Labute approximate surface area is 151 Å². The van der Waals surface area contributed by atoms with Crippen LogP contribution in [0.1, 0.15) is 24.8 Å². The zero-order valence-corrected chi connectivity index (χ0v) is 15.5. The molecule has 25 heavy (non-hydrogen) atoms. The van der Waals surface area contributed by atoms with Gasteiger partial charge in [-0.2, -0.15) is 0 Å². The van der Waals surface area contributed by atoms with Gasteiger partial charge in [0.1, 0.15) is 6.04 Å². The molecule has 2 amide bonds. The predicted octanol–water partition coefficient (Wildman–Crippen LogP) is 1.55. The molecule has 7 nitrogen and oxygen atoms in total. The third-order valence-electron chi connectivity index (χ3n) is 3.92. The first-order chi connectivity index (χ1) is 11.9. The van der Waals surface area contributed by atoms with Gasteiger partial charge in [0.05, 0.1) is 11.2 Å². The molecule has 0 spiro atoms. The van der Waals surface area contributed by atoms with Crippen molar-refractivity contribution in [2.75, 3.05) is 17.8 Å². The Balaban J connectivity index is 1.89. The third kappa shape index (κ3) is 6.82. The van der Waals surface area contributed by atoms with Gasteiger partial charge in [-0.25, -0.2) is 0 Å². The smallest absolute Gasteiger partial charge is 0.335 e. The molecule has 138 valence electrons. The molecular weight excluding hydrogens is 363 g/mol. The van der Waals surface area contributed by atoms with Crippen LogP contribution >= 0.6 is 19.4 Å². The molecule has 0 bridgehead atoms. The maximum absolute atomic E-state index is 12.5. The van der Waals surface area contributed by atoms with Gasteiger partial charge in [0.15, 0.2) is 0 Å². The number of hydrogen-bond donors (Lipinski definition) is 3. The van der Waals surface area contributed by atoms with E-state index in [0.717, 1.165) is 30.2 Å². The first-order valence-corrected chi connectivity index (χ1v) is 11.1. The molecule has 1 saturated heterocycles. The summed E-state index contributed by atoms with van der Waals surface area (Å²) in [7, 11) is -4.13. The second kappa shape index (κ2) is 9.38. The van der Waals surface area contributed by atoms with Crippen LogP contribution in [0.15, 0.2) is 30.3 Å². The minimum absolute atomic E-state index is 0.0342. The minimum Gasteiger partial charge on any atom is -0.350 e. The average Bonchev–Trinajstić information content (AvgIpc) is 2.59. The van der Waals surface area contributed by atoms with Crippen LogP contribution in [0.2, 0.25) is 0 Å². The number of thioether (sulfide) groups is 1. The Kier molecular flexibility index (Phi) is 7.50. The molecule has 1 heterocycles. The van der Waals surface area contributed by atoms with Crippen molar-refractivity contribution in [1.29, 1.82) is 0 Å². The molecule has 1 atom stereocenters. The van der Waals surface area contributed by atoms with Crippen LogP contribution in [-0.4, -0.2) is 50.3 Å². The van der Waals surface area contributed by atoms with Gasteiger partial charge in [-0.15, -0.1) is 11.8 Å². The summed E-state index contributed by atoms with van der Waals surface area (Å²) >= 11 is 0.900. The van der Waals surface area contributed by atoms with E-state index in [0.29, 0.717) is 19.5 Å². The van der Waals surface area contributed by atoms with Crippen molar-refractivity contribution in [2.24, 2.45) is 0 Å². The lowest BCUT2D eigenvalue weighted by Gasteiger charge is -2.34. The monoisotopic (exact) mass is 386 g/mol. The van der Waals surface area contributed by atoms with E-state index in [2.05, 4.69) is 5.32 Å². The van der Waals surface area contributed by atoms with Crippen LogP contribution in [0, 0.1) is 0 Å². The summed E-state index contributed by atoms with van der Waals surface area (Å²) in [5.74, 6) is -0.469. The highest BCUT2D eigenvalue weighted by atomic mass is 32.2. The van der Waals surface area contributed by atoms with Gasteiger partial charge in [-0.1, -0.05) is 30.3 Å². The standard InChI is InChI=1S/C16H23N2O5PS/c19-15(11-25-12-24(21,22)23)18-9-5-4-8-14(18)16(20)17-10-13-6-2-1-3-7-13/h1-3,6-7,14H,4-5,8-12H2,(H,17,20)(H2,21,22,23)/t14-/m0/s1. The van der Waals surface area contributed by atoms with E-state index in [-0.39, 0.29) is 17.6 Å². The lowest BCUT2D eigenvalue weighted by molar-refractivity contribution is -0.140. The number of carbonyl (C=O) groups is 2. The SMILES string of the molecule is O=C(NCc1ccccc1)[C@@H]1CCCCN1C(=O)CSCP(=O)(O)O. The van der Waals surface area contributed by atoms with E-state index in [1.54, 1.807) is 0 Å². The lowest BCUT2D eigenvalue weighted by Crippen LogP contribution is -2.52. The van der Waals surface area contributed by atoms with Crippen molar-refractivity contribution in [2.45, 2.75) is 31.8 Å². The van der Waals surface area contributed by atoms with Crippen LogP contribution in [0.3, 0.4) is 0 Å². The molecule has 1 aromatic carbocycles. The summed E-state index contributed by atoms with van der Waals surface area (Å²) in [4.78, 5) is 44.1. The number of carbonyl (C=O) groups excluding carboxylic acids is 2. The van der Waals surface area contributed by atoms with Crippen molar-refractivity contribution < 1.29 is 23.9 Å². The highest BCUT2D eigenvalue weighted by Gasteiger charge is 2.32. The Bertz CT molecular complexity index is 637. The maximum atomic E-state index is 12.5. The Morgan fingerprint density at radius 1 is 1.24 bits per heavy atom. The molecule has 1 aliphatic rings. The number of benzene rings is 1. The van der Waals surface area contributed by atoms with E-state index >= 15 is 0 Å². The van der Waals surface area contributed by atoms with E-state index in [1.165, 1.54) is 4.90 Å². The summed E-state index contributed by atoms with van der Waals surface area (Å²) in [5, 5.41) is 2.87. The molecular formula is C16H23N2O5PS. The number of piperidine rings is 1. The first kappa shape index (κ1) is 20.0. The fourth-order valence-electron chi connectivity index (χ4n) is 2.74. The molecule has 2 rings (SSSR count). The Morgan fingerprint density at radius 3 is 2.64 bits per heavy atom. The van der Waals surface area contributed by atoms with Crippen molar-refractivity contribution in [1.82, 2.24) is 10.2 Å². The summed E-state index contributed by atoms with van der Waals surface area (Å²) in [6, 6.07) is 9.03. The topological polar surface area (TPSA) is 107 Å². The van der Waals surface area contributed by atoms with E-state index in [4.69, 9.17) is 9.79 Å². The van der Waals surface area contributed by atoms with Gasteiger partial charge >= 0.3 is 7.60 Å². The van der Waals surface area contributed by atoms with Crippen LogP contribution < -0.4 is 5.32 Å². The average molecular weight is 386 g/mol. The van der Waals surface area contributed by atoms with Gasteiger partial charge in [-0.05, 0) is 24.8 Å². The molecule has 3 N–H and O–H groups in total. The molecule has 1 fully saturated rings. The van der Waals surface area contributed by atoms with Crippen molar-refractivity contribution in [3.63, 3.8) is 0 Å². The third-order valence-corrected chi connectivity index (χ3v) is 6.45. The maximum Gasteiger partial charge on any atom is 0.335 e. The normalized spacial score (nSPS) is 18.0. The first-order valence-electron chi connectivity index (χ1n) is 8.10. The number of nitrogens with one attached hydrogen (secondary N) is 1. The molecule has 0 aromatic heterocycles. The molecule has 9 heteroatoms. The number of amides is 2. The fraction of sp³-hybridized carbons (Fsp3) is 0.500. The molecule has 0 aliphatic carbocycles. The van der Waals surface area contributed by atoms with E-state index in [1.807, 2.05) is 30.3 Å². The fourth-order valence-corrected chi connectivity index (χ4v) is 4.40. The van der Waals surface area contributed by atoms with Gasteiger partial charge in [-0.3, -0.25) is 14.2 Å². The Hall–Kier alpha value is -1.34. The van der Waals surface area contributed by atoms with Crippen LogP contribution in [0.5, 0.6) is 0 Å². The second-order valence-corrected chi connectivity index (χ2v) is 9.00. The molecule has 1 aliphatic heterocycles. The van der Waals surface area contributed by atoms with Gasteiger partial charge in [0.25, 0.3) is 0 Å². The van der Waals surface area contributed by atoms with Crippen LogP contribution in [0.25, 0.3) is 0 Å². The highest BCUT2D eigenvalue weighted by molar-refractivity contribution is 8.04. The molecule has 1 aromatic rings. The van der Waals surface area contributed by atoms with Crippen LogP contribution in [-0.2, 0) is 20.7 Å². The lowest BCUT2D eigenvalue weighted by atomic mass is 10.0. The number of hydrogen-bond acceptors (Lipinski definition) is 4. The van der Waals surface area contributed by atoms with Gasteiger partial charge < -0.3 is 20.0 Å². The molecule has 0 unspecified atom stereocenters. The molecule has 0 saturated carbocycles. The number of likely N-dealkylation sites (tertiary alicyclic amines) is 1. The summed E-state index contributed by atoms with van der Waals surface area (Å²) in [6.45, 7) is 0.907. The quantitative estimate of drug-likeness (QED) is 0.614. The summed E-state index contributed by atoms with van der Waals surface area (Å²) in [6.07, 6.45) is 2.32. The Morgan fingerprint density at radius 2 is 1.96 bits per heavy atom. The molecule has 0 radical (unpaired) electrons. The second-order valence-electron chi connectivity index (χ2n) is 5.94. The van der Waals surface area contributed by atoms with Crippen molar-refractivity contribution in [3.05, 3.63) is 35.9 Å². The van der Waals surface area contributed by atoms with Crippen molar-refractivity contribution in [3.8, 4) is 0 Å². The largest absolute Gasteiger partial charge is 0.350 e. The van der Waals surface area contributed by atoms with E-state index < -0.39 is 19.1 Å². The van der Waals surface area contributed by atoms with Crippen molar-refractivity contribution >= 4 is 31.2 Å². The highest BCUT2D eigenvalue weighted by Crippen LogP contribution is 2.38. The van der Waals surface area contributed by atoms with Crippen LogP contribution in [0.4, 0.5) is 0 Å². The predicted molar refractivity (Wildman–Crippen MR) is 97.0 cm³/mol. The van der Waals surface area contributed by atoms with Gasteiger partial charge in [0, 0.05) is 13.1 Å². The minimum atomic E-state index is -4.13. The number of nitrogens with zero attached hydrogens (tertiary/aromatic N) is 1. The van der Waals surface area contributed by atoms with Gasteiger partial charge in [0.2, 0.25) is 11.8 Å². The summed E-state index contributed by atoms with van der Waals surface area (Å²) in [5.41, 5.74) is 0.596. The zero-order chi connectivity index (χ0) is 18.3. The number of rotatable bonds is 7. The van der Waals surface area contributed by atoms with E-state index in [9.17, 15) is 14.2 Å². The summed E-state index contributed by atoms with van der Waals surface area (Å²) < 4.78 is 10.9. The zero-order valence-electron chi connectivity index (χ0n) is 13.8.